The van der Waals surface area contributed by atoms with Gasteiger partial charge in [0.15, 0.2) is 0 Å². The molecule has 1 atom stereocenters. The van der Waals surface area contributed by atoms with Crippen molar-refractivity contribution in [3.8, 4) is 0 Å². The Morgan fingerprint density at radius 2 is 1.88 bits per heavy atom. The lowest BCUT2D eigenvalue weighted by atomic mass is 9.94. The van der Waals surface area contributed by atoms with Gasteiger partial charge in [0.2, 0.25) is 0 Å². The van der Waals surface area contributed by atoms with E-state index in [1.165, 1.54) is 64.3 Å². The van der Waals surface area contributed by atoms with Crippen molar-refractivity contribution in [1.82, 2.24) is 5.32 Å². The van der Waals surface area contributed by atoms with Crippen LogP contribution in [0.2, 0.25) is 0 Å². The molecular weight excluding hydrogens is 208 g/mol. The molecule has 1 fully saturated rings. The highest BCUT2D eigenvalue weighted by atomic mass is 15.0. The number of nitrogens with two attached hydrogens (primary N) is 1. The fourth-order valence-electron chi connectivity index (χ4n) is 3.19. The average Bonchev–Trinajstić information content (AvgIpc) is 2.72. The molecule has 0 aliphatic heterocycles. The van der Waals surface area contributed by atoms with Gasteiger partial charge in [-0.3, -0.25) is 0 Å². The van der Waals surface area contributed by atoms with Crippen LogP contribution in [-0.4, -0.2) is 18.6 Å². The summed E-state index contributed by atoms with van der Waals surface area (Å²) in [4.78, 5) is 0. The van der Waals surface area contributed by atoms with Gasteiger partial charge in [0.1, 0.15) is 0 Å². The maximum atomic E-state index is 5.67. The second-order valence-electron chi connectivity index (χ2n) is 6.07. The first-order valence-corrected chi connectivity index (χ1v) is 7.65. The summed E-state index contributed by atoms with van der Waals surface area (Å²) in [6.45, 7) is 6.72. The molecule has 0 radical (unpaired) electrons. The first-order chi connectivity index (χ1) is 8.20. The quantitative estimate of drug-likeness (QED) is 0.606. The van der Waals surface area contributed by atoms with Crippen LogP contribution in [0.1, 0.15) is 71.6 Å². The molecule has 2 heteroatoms. The molecule has 0 aromatic rings. The van der Waals surface area contributed by atoms with Crippen LogP contribution in [0, 0.1) is 5.92 Å². The first kappa shape index (κ1) is 15.0. The Bertz CT molecular complexity index is 179. The van der Waals surface area contributed by atoms with Crippen LogP contribution in [0.25, 0.3) is 0 Å². The number of rotatable bonds is 9. The minimum Gasteiger partial charge on any atom is -0.330 e. The van der Waals surface area contributed by atoms with Crippen molar-refractivity contribution in [3.05, 3.63) is 0 Å². The van der Waals surface area contributed by atoms with Gasteiger partial charge >= 0.3 is 0 Å². The summed E-state index contributed by atoms with van der Waals surface area (Å²) in [7, 11) is 0. The summed E-state index contributed by atoms with van der Waals surface area (Å²) in [6.07, 6.45) is 12.1. The minimum atomic E-state index is 0.453. The fourth-order valence-corrected chi connectivity index (χ4v) is 3.19. The van der Waals surface area contributed by atoms with E-state index in [-0.39, 0.29) is 0 Å². The maximum Gasteiger partial charge on any atom is 0.0153 e. The molecule has 2 nitrogen and oxygen atoms in total. The van der Waals surface area contributed by atoms with Crippen molar-refractivity contribution >= 4 is 0 Å². The van der Waals surface area contributed by atoms with Gasteiger partial charge in [0.25, 0.3) is 0 Å². The highest BCUT2D eigenvalue weighted by Crippen LogP contribution is 2.28. The zero-order valence-corrected chi connectivity index (χ0v) is 11.9. The molecular formula is C15H32N2. The van der Waals surface area contributed by atoms with Crippen LogP contribution in [0.15, 0.2) is 0 Å². The molecule has 1 aliphatic carbocycles. The predicted octanol–water partition coefficient (Wildman–Crippen LogP) is 3.45. The van der Waals surface area contributed by atoms with Crippen LogP contribution in [0.3, 0.4) is 0 Å². The number of hydrogen-bond acceptors (Lipinski definition) is 2. The summed E-state index contributed by atoms with van der Waals surface area (Å²) in [5, 5.41) is 3.77. The van der Waals surface area contributed by atoms with Crippen LogP contribution in [0.5, 0.6) is 0 Å². The van der Waals surface area contributed by atoms with Crippen molar-refractivity contribution in [2.45, 2.75) is 77.2 Å². The molecule has 3 N–H and O–H groups in total. The smallest absolute Gasteiger partial charge is 0.0153 e. The lowest BCUT2D eigenvalue weighted by Crippen LogP contribution is -2.40. The van der Waals surface area contributed by atoms with Gasteiger partial charge in [-0.15, -0.1) is 0 Å². The molecule has 0 amide bonds. The third kappa shape index (κ3) is 5.87. The first-order valence-electron chi connectivity index (χ1n) is 7.65. The van der Waals surface area contributed by atoms with E-state index in [9.17, 15) is 0 Å². The summed E-state index contributed by atoms with van der Waals surface area (Å²) >= 11 is 0. The molecule has 102 valence electrons. The van der Waals surface area contributed by atoms with Gasteiger partial charge in [-0.1, -0.05) is 32.6 Å². The lowest BCUT2D eigenvalue weighted by molar-refractivity contribution is 0.341. The molecule has 0 spiro atoms. The molecule has 17 heavy (non-hydrogen) atoms. The van der Waals surface area contributed by atoms with E-state index in [1.807, 2.05) is 0 Å². The molecule has 0 heterocycles. The molecule has 0 saturated heterocycles. The van der Waals surface area contributed by atoms with E-state index < -0.39 is 0 Å². The summed E-state index contributed by atoms with van der Waals surface area (Å²) < 4.78 is 0. The van der Waals surface area contributed by atoms with Crippen LogP contribution >= 0.6 is 0 Å². The SMILES string of the molecule is CCCC(CCN)CCCNC1(C)CCCC1. The van der Waals surface area contributed by atoms with Gasteiger partial charge in [0, 0.05) is 5.54 Å². The lowest BCUT2D eigenvalue weighted by Gasteiger charge is -2.26. The van der Waals surface area contributed by atoms with E-state index in [0.717, 1.165) is 12.5 Å². The largest absolute Gasteiger partial charge is 0.330 e. The van der Waals surface area contributed by atoms with Crippen molar-refractivity contribution in [2.75, 3.05) is 13.1 Å². The van der Waals surface area contributed by atoms with Gasteiger partial charge in [-0.25, -0.2) is 0 Å². The van der Waals surface area contributed by atoms with Crippen molar-refractivity contribution < 1.29 is 0 Å². The molecule has 1 rings (SSSR count). The topological polar surface area (TPSA) is 38.0 Å². The zero-order chi connectivity index (χ0) is 12.6. The normalized spacial score (nSPS) is 20.6. The highest BCUT2D eigenvalue weighted by molar-refractivity contribution is 4.87. The monoisotopic (exact) mass is 240 g/mol. The molecule has 0 bridgehead atoms. The molecule has 1 unspecified atom stereocenters. The van der Waals surface area contributed by atoms with Crippen molar-refractivity contribution in [2.24, 2.45) is 11.7 Å². The Balaban J connectivity index is 2.08. The minimum absolute atomic E-state index is 0.453. The average molecular weight is 240 g/mol. The Morgan fingerprint density at radius 3 is 2.47 bits per heavy atom. The predicted molar refractivity (Wildman–Crippen MR) is 76.2 cm³/mol. The standard InChI is InChI=1S/C15H32N2/c1-3-7-14(9-12-16)8-6-13-17-15(2)10-4-5-11-15/h14,17H,3-13,16H2,1-2H3. The number of nitrogens with one attached hydrogen (secondary N) is 1. The van der Waals surface area contributed by atoms with E-state index in [0.29, 0.717) is 5.54 Å². The van der Waals surface area contributed by atoms with Gasteiger partial charge < -0.3 is 11.1 Å². The maximum absolute atomic E-state index is 5.67. The fraction of sp³-hybridized carbons (Fsp3) is 1.00. The molecule has 0 aromatic heterocycles. The van der Waals surface area contributed by atoms with Crippen LogP contribution < -0.4 is 11.1 Å². The molecule has 1 saturated carbocycles. The highest BCUT2D eigenvalue weighted by Gasteiger charge is 2.27. The molecule has 0 aromatic carbocycles. The summed E-state index contributed by atoms with van der Waals surface area (Å²) in [5.41, 5.74) is 6.12. The Kier molecular flexibility index (Phi) is 7.14. The van der Waals surface area contributed by atoms with E-state index >= 15 is 0 Å². The van der Waals surface area contributed by atoms with Gasteiger partial charge in [0.05, 0.1) is 0 Å². The Morgan fingerprint density at radius 1 is 1.18 bits per heavy atom. The van der Waals surface area contributed by atoms with Crippen molar-refractivity contribution in [1.29, 1.82) is 0 Å². The summed E-state index contributed by atoms with van der Waals surface area (Å²) in [6, 6.07) is 0. The Hall–Kier alpha value is -0.0800. The second-order valence-corrected chi connectivity index (χ2v) is 6.07. The van der Waals surface area contributed by atoms with Crippen LogP contribution in [0.4, 0.5) is 0 Å². The van der Waals surface area contributed by atoms with Gasteiger partial charge in [-0.05, 0) is 58.0 Å². The van der Waals surface area contributed by atoms with E-state index in [1.54, 1.807) is 0 Å². The van der Waals surface area contributed by atoms with E-state index in [2.05, 4.69) is 19.2 Å². The Labute approximate surface area is 108 Å². The van der Waals surface area contributed by atoms with Crippen LogP contribution in [-0.2, 0) is 0 Å². The summed E-state index contributed by atoms with van der Waals surface area (Å²) in [5.74, 6) is 0.864. The third-order valence-electron chi connectivity index (χ3n) is 4.32. The zero-order valence-electron chi connectivity index (χ0n) is 11.9. The number of hydrogen-bond donors (Lipinski definition) is 2. The van der Waals surface area contributed by atoms with E-state index in [4.69, 9.17) is 5.73 Å². The second kappa shape index (κ2) is 8.10. The van der Waals surface area contributed by atoms with Gasteiger partial charge in [-0.2, -0.15) is 0 Å². The third-order valence-corrected chi connectivity index (χ3v) is 4.32. The van der Waals surface area contributed by atoms with Crippen molar-refractivity contribution in [3.63, 3.8) is 0 Å². The molecule has 1 aliphatic rings.